The standard InChI is InChI=1S/C18H20N6OS/c1-2-14-15(26-18(24-14)16-21-9-5-10-22-16)17(25)23-11-4-8-20-13-6-3-7-19-12-13/h3,5-7,9-10,12,20H,2,4,8,11H2,1H3,(H,23,25). The van der Waals surface area contributed by atoms with Crippen molar-refractivity contribution in [2.75, 3.05) is 18.4 Å². The van der Waals surface area contributed by atoms with Crippen molar-refractivity contribution in [3.8, 4) is 10.8 Å². The molecule has 0 radical (unpaired) electrons. The molecule has 26 heavy (non-hydrogen) atoms. The van der Waals surface area contributed by atoms with E-state index in [0.717, 1.165) is 24.3 Å². The number of hydrogen-bond donors (Lipinski definition) is 2. The largest absolute Gasteiger partial charge is 0.384 e. The van der Waals surface area contributed by atoms with E-state index in [1.165, 1.54) is 11.3 Å². The topological polar surface area (TPSA) is 92.7 Å². The summed E-state index contributed by atoms with van der Waals surface area (Å²) in [4.78, 5) is 30.1. The van der Waals surface area contributed by atoms with Crippen LogP contribution in [-0.4, -0.2) is 38.9 Å². The highest BCUT2D eigenvalue weighted by molar-refractivity contribution is 7.17. The van der Waals surface area contributed by atoms with Crippen molar-refractivity contribution in [1.29, 1.82) is 0 Å². The molecule has 0 aliphatic carbocycles. The zero-order valence-electron chi connectivity index (χ0n) is 14.5. The Hall–Kier alpha value is -2.87. The number of carbonyl (C=O) groups excluding carboxylic acids is 1. The highest BCUT2D eigenvalue weighted by Crippen LogP contribution is 2.25. The Morgan fingerprint density at radius 2 is 2.00 bits per heavy atom. The summed E-state index contributed by atoms with van der Waals surface area (Å²) in [5.41, 5.74) is 1.76. The molecule has 3 aromatic heterocycles. The Balaban J connectivity index is 1.53. The van der Waals surface area contributed by atoms with Gasteiger partial charge >= 0.3 is 0 Å². The number of hydrogen-bond acceptors (Lipinski definition) is 7. The minimum Gasteiger partial charge on any atom is -0.384 e. The fourth-order valence-corrected chi connectivity index (χ4v) is 3.36. The summed E-state index contributed by atoms with van der Waals surface area (Å²) in [6.07, 6.45) is 8.36. The third-order valence-electron chi connectivity index (χ3n) is 3.63. The van der Waals surface area contributed by atoms with Crippen LogP contribution in [0.2, 0.25) is 0 Å². The monoisotopic (exact) mass is 368 g/mol. The summed E-state index contributed by atoms with van der Waals surface area (Å²) < 4.78 is 0. The normalized spacial score (nSPS) is 10.5. The van der Waals surface area contributed by atoms with Gasteiger partial charge in [0.15, 0.2) is 10.8 Å². The van der Waals surface area contributed by atoms with Crippen LogP contribution in [0.1, 0.15) is 28.7 Å². The predicted octanol–water partition coefficient (Wildman–Crippen LogP) is 2.79. The lowest BCUT2D eigenvalue weighted by Crippen LogP contribution is -2.25. The van der Waals surface area contributed by atoms with E-state index in [1.54, 1.807) is 30.9 Å². The van der Waals surface area contributed by atoms with E-state index in [1.807, 2.05) is 19.1 Å². The van der Waals surface area contributed by atoms with Crippen LogP contribution in [0.15, 0.2) is 43.0 Å². The predicted molar refractivity (Wildman–Crippen MR) is 102 cm³/mol. The molecule has 0 fully saturated rings. The molecule has 0 aliphatic heterocycles. The van der Waals surface area contributed by atoms with Crippen LogP contribution in [-0.2, 0) is 6.42 Å². The highest BCUT2D eigenvalue weighted by atomic mass is 32.1. The Kier molecular flexibility index (Phi) is 6.21. The number of aromatic nitrogens is 4. The Labute approximate surface area is 156 Å². The Morgan fingerprint density at radius 1 is 1.15 bits per heavy atom. The fraction of sp³-hybridized carbons (Fsp3) is 0.278. The average Bonchev–Trinajstić information content (AvgIpc) is 3.14. The lowest BCUT2D eigenvalue weighted by Gasteiger charge is -2.07. The van der Waals surface area contributed by atoms with E-state index >= 15 is 0 Å². The fourth-order valence-electron chi connectivity index (χ4n) is 2.34. The van der Waals surface area contributed by atoms with E-state index in [0.29, 0.717) is 28.7 Å². The molecule has 2 N–H and O–H groups in total. The van der Waals surface area contributed by atoms with Crippen LogP contribution in [0.5, 0.6) is 0 Å². The summed E-state index contributed by atoms with van der Waals surface area (Å²) in [5.74, 6) is 0.454. The van der Waals surface area contributed by atoms with E-state index in [9.17, 15) is 4.79 Å². The molecule has 8 heteroatoms. The molecule has 7 nitrogen and oxygen atoms in total. The van der Waals surface area contributed by atoms with Crippen LogP contribution in [0.25, 0.3) is 10.8 Å². The second-order valence-corrected chi connectivity index (χ2v) is 6.50. The first-order valence-corrected chi connectivity index (χ1v) is 9.28. The van der Waals surface area contributed by atoms with Gasteiger partial charge in [0.1, 0.15) is 4.88 Å². The quantitative estimate of drug-likeness (QED) is 0.594. The van der Waals surface area contributed by atoms with Gasteiger partial charge in [0.25, 0.3) is 5.91 Å². The lowest BCUT2D eigenvalue weighted by atomic mass is 10.3. The molecule has 1 amide bonds. The van der Waals surface area contributed by atoms with Gasteiger partial charge in [-0.15, -0.1) is 11.3 Å². The van der Waals surface area contributed by atoms with Crippen molar-refractivity contribution in [3.05, 3.63) is 53.6 Å². The maximum absolute atomic E-state index is 12.5. The van der Waals surface area contributed by atoms with Crippen molar-refractivity contribution < 1.29 is 4.79 Å². The third kappa shape index (κ3) is 4.60. The van der Waals surface area contributed by atoms with Gasteiger partial charge < -0.3 is 10.6 Å². The van der Waals surface area contributed by atoms with E-state index in [-0.39, 0.29) is 5.91 Å². The second-order valence-electron chi connectivity index (χ2n) is 5.50. The van der Waals surface area contributed by atoms with Crippen molar-refractivity contribution in [1.82, 2.24) is 25.3 Å². The van der Waals surface area contributed by atoms with Crippen LogP contribution in [0.3, 0.4) is 0 Å². The molecule has 0 aliphatic rings. The van der Waals surface area contributed by atoms with Gasteiger partial charge in [0.05, 0.1) is 11.4 Å². The average molecular weight is 368 g/mol. The molecule has 3 heterocycles. The summed E-state index contributed by atoms with van der Waals surface area (Å²) in [5, 5.41) is 6.90. The summed E-state index contributed by atoms with van der Waals surface area (Å²) >= 11 is 1.33. The first kappa shape index (κ1) is 17.9. The molecule has 0 atom stereocenters. The molecular weight excluding hydrogens is 348 g/mol. The first-order chi connectivity index (χ1) is 12.8. The molecule has 0 spiro atoms. The molecule has 0 saturated heterocycles. The molecule has 0 aromatic carbocycles. The zero-order valence-corrected chi connectivity index (χ0v) is 15.3. The molecule has 0 saturated carbocycles. The highest BCUT2D eigenvalue weighted by Gasteiger charge is 2.18. The minimum atomic E-state index is -0.0945. The maximum atomic E-state index is 12.5. The van der Waals surface area contributed by atoms with Gasteiger partial charge in [-0.3, -0.25) is 9.78 Å². The SMILES string of the molecule is CCc1nc(-c2ncccn2)sc1C(=O)NCCCNc1cccnc1. The smallest absolute Gasteiger partial charge is 0.263 e. The molecule has 3 rings (SSSR count). The molecule has 3 aromatic rings. The summed E-state index contributed by atoms with van der Waals surface area (Å²) in [7, 11) is 0. The van der Waals surface area contributed by atoms with E-state index < -0.39 is 0 Å². The van der Waals surface area contributed by atoms with Gasteiger partial charge in [-0.25, -0.2) is 15.0 Å². The van der Waals surface area contributed by atoms with Crippen molar-refractivity contribution in [3.63, 3.8) is 0 Å². The molecule has 0 unspecified atom stereocenters. The number of amides is 1. The minimum absolute atomic E-state index is 0.0945. The lowest BCUT2D eigenvalue weighted by molar-refractivity contribution is 0.0956. The number of thiazole rings is 1. The zero-order chi connectivity index (χ0) is 18.2. The van der Waals surface area contributed by atoms with Gasteiger partial charge in [0.2, 0.25) is 0 Å². The van der Waals surface area contributed by atoms with Crippen LogP contribution in [0.4, 0.5) is 5.69 Å². The Bertz CT molecular complexity index is 837. The number of pyridine rings is 1. The number of carbonyl (C=O) groups is 1. The van der Waals surface area contributed by atoms with Crippen molar-refractivity contribution in [2.24, 2.45) is 0 Å². The van der Waals surface area contributed by atoms with E-state index in [4.69, 9.17) is 0 Å². The van der Waals surface area contributed by atoms with Crippen molar-refractivity contribution >= 4 is 22.9 Å². The first-order valence-electron chi connectivity index (χ1n) is 8.47. The maximum Gasteiger partial charge on any atom is 0.263 e. The van der Waals surface area contributed by atoms with Gasteiger partial charge in [-0.1, -0.05) is 6.92 Å². The van der Waals surface area contributed by atoms with Gasteiger partial charge in [0, 0.05) is 37.9 Å². The number of rotatable bonds is 8. The van der Waals surface area contributed by atoms with E-state index in [2.05, 4.69) is 30.6 Å². The number of aryl methyl sites for hydroxylation is 1. The second kappa shape index (κ2) is 9.00. The number of nitrogens with one attached hydrogen (secondary N) is 2. The van der Waals surface area contributed by atoms with Gasteiger partial charge in [-0.2, -0.15) is 0 Å². The van der Waals surface area contributed by atoms with Crippen molar-refractivity contribution in [2.45, 2.75) is 19.8 Å². The van der Waals surface area contributed by atoms with Crippen LogP contribution < -0.4 is 10.6 Å². The van der Waals surface area contributed by atoms with Crippen LogP contribution in [0, 0.1) is 0 Å². The number of anilines is 1. The summed E-state index contributed by atoms with van der Waals surface area (Å²) in [6, 6.07) is 5.60. The molecular formula is C18H20N6OS. The number of nitrogens with zero attached hydrogens (tertiary/aromatic N) is 4. The molecule has 0 bridgehead atoms. The van der Waals surface area contributed by atoms with Gasteiger partial charge in [-0.05, 0) is 31.0 Å². The Morgan fingerprint density at radius 3 is 2.73 bits per heavy atom. The molecule has 134 valence electrons. The van der Waals surface area contributed by atoms with Crippen LogP contribution >= 0.6 is 11.3 Å². The summed E-state index contributed by atoms with van der Waals surface area (Å²) in [6.45, 7) is 3.34. The third-order valence-corrected chi connectivity index (χ3v) is 4.72.